The van der Waals surface area contributed by atoms with E-state index >= 15 is 0 Å². The van der Waals surface area contributed by atoms with Crippen molar-refractivity contribution in [3.05, 3.63) is 0 Å². The molecule has 0 spiro atoms. The minimum atomic E-state index is -4.18. The van der Waals surface area contributed by atoms with Crippen LogP contribution in [-0.2, 0) is 34.0 Å². The number of methoxy groups -OCH3 is 1. The number of nitrogens with one attached hydrogen (secondary N) is 1. The molecule has 2 N–H and O–H groups in total. The Morgan fingerprint density at radius 2 is 1.82 bits per heavy atom. The number of amides is 1. The van der Waals surface area contributed by atoms with Crippen LogP contribution in [0, 0.1) is 0 Å². The summed E-state index contributed by atoms with van der Waals surface area (Å²) in [6.45, 7) is 2.26. The first-order valence-corrected chi connectivity index (χ1v) is 7.63. The third-order valence-corrected chi connectivity index (χ3v) is 3.17. The summed E-state index contributed by atoms with van der Waals surface area (Å²) >= 11 is 0. The highest BCUT2D eigenvalue weighted by Gasteiger charge is 2.25. The molecule has 22 heavy (non-hydrogen) atoms. The molecule has 0 rings (SSSR count). The maximum absolute atomic E-state index is 11.5. The summed E-state index contributed by atoms with van der Waals surface area (Å²) in [7, 11) is -2.89. The van der Waals surface area contributed by atoms with E-state index in [2.05, 4.69) is 5.32 Å². The number of hydrogen-bond donors (Lipinski definition) is 2. The van der Waals surface area contributed by atoms with Gasteiger partial charge in [0.1, 0.15) is 0 Å². The van der Waals surface area contributed by atoms with Crippen molar-refractivity contribution in [1.29, 1.82) is 0 Å². The van der Waals surface area contributed by atoms with Gasteiger partial charge in [-0.05, 0) is 13.8 Å². The molecule has 0 aliphatic carbocycles. The van der Waals surface area contributed by atoms with Crippen molar-refractivity contribution < 1.29 is 41.5 Å². The van der Waals surface area contributed by atoms with Gasteiger partial charge < -0.3 is 14.8 Å². The van der Waals surface area contributed by atoms with E-state index in [1.807, 2.05) is 0 Å². The minimum absolute atomic E-state index is 0. The van der Waals surface area contributed by atoms with Crippen molar-refractivity contribution in [3.8, 4) is 0 Å². The smallest absolute Gasteiger partial charge is 0.335 e. The number of halogens is 1. The van der Waals surface area contributed by atoms with Crippen LogP contribution in [-0.4, -0.2) is 62.2 Å². The summed E-state index contributed by atoms with van der Waals surface area (Å²) in [5.74, 6) is -2.65. The first-order chi connectivity index (χ1) is 9.56. The zero-order valence-corrected chi connectivity index (χ0v) is 13.2. The van der Waals surface area contributed by atoms with Gasteiger partial charge in [-0.2, -0.15) is 8.42 Å². The lowest BCUT2D eigenvalue weighted by atomic mass is 10.1. The predicted octanol–water partition coefficient (Wildman–Crippen LogP) is -0.931. The van der Waals surface area contributed by atoms with Gasteiger partial charge in [0.05, 0.1) is 12.2 Å². The molecule has 2 atom stereocenters. The average molecular weight is 345 g/mol. The molecular formula is C11H20FNO8S. The molecule has 11 heteroatoms. The molecule has 0 aliphatic heterocycles. The second-order valence-corrected chi connectivity index (χ2v) is 5.83. The molecule has 1 amide bonds. The van der Waals surface area contributed by atoms with Gasteiger partial charge in [0, 0.05) is 13.7 Å². The van der Waals surface area contributed by atoms with Crippen molar-refractivity contribution in [3.63, 3.8) is 0 Å². The summed E-state index contributed by atoms with van der Waals surface area (Å²) < 4.78 is 39.0. The highest BCUT2D eigenvalue weighted by atomic mass is 32.2. The Labute approximate surface area is 127 Å². The Morgan fingerprint density at radius 3 is 2.23 bits per heavy atom. The first-order valence-electron chi connectivity index (χ1n) is 6.02. The van der Waals surface area contributed by atoms with E-state index in [0.717, 1.165) is 6.92 Å². The summed E-state index contributed by atoms with van der Waals surface area (Å²) in [4.78, 5) is 34.3. The lowest BCUT2D eigenvalue weighted by Crippen LogP contribution is -2.37. The first kappa shape index (κ1) is 22.7. The van der Waals surface area contributed by atoms with Gasteiger partial charge in [-0.25, -0.2) is 4.79 Å². The number of rotatable bonds is 9. The van der Waals surface area contributed by atoms with Crippen LogP contribution in [0.2, 0.25) is 0 Å². The van der Waals surface area contributed by atoms with E-state index in [1.54, 1.807) is 0 Å². The van der Waals surface area contributed by atoms with E-state index in [-0.39, 0.29) is 11.2 Å². The van der Waals surface area contributed by atoms with Gasteiger partial charge in [-0.1, -0.05) is 0 Å². The summed E-state index contributed by atoms with van der Waals surface area (Å²) in [5, 5.41) is 2.19. The van der Waals surface area contributed by atoms with Crippen LogP contribution in [0.5, 0.6) is 0 Å². The van der Waals surface area contributed by atoms with E-state index in [1.165, 1.54) is 14.0 Å². The molecule has 0 aromatic rings. The third kappa shape index (κ3) is 10.2. The van der Waals surface area contributed by atoms with Crippen LogP contribution < -0.4 is 5.32 Å². The van der Waals surface area contributed by atoms with E-state index < -0.39 is 52.2 Å². The summed E-state index contributed by atoms with van der Waals surface area (Å²) in [6, 6.07) is 0. The lowest BCUT2D eigenvalue weighted by molar-refractivity contribution is -0.164. The maximum Gasteiger partial charge on any atom is 0.335 e. The standard InChI is InChI=1S/C11H19NO8S.FH/c1-7(13)9(20-11(15)8(2)19-3)6-10(14)12-4-5-21(16,17)18;/h8-9H,4-6H2,1-3H3,(H,12,14)(H,16,17,18);1H. The van der Waals surface area contributed by atoms with Gasteiger partial charge in [-0.15, -0.1) is 0 Å². The molecule has 0 aliphatic rings. The molecule has 2 unspecified atom stereocenters. The Balaban J connectivity index is 0. The fraction of sp³-hybridized carbons (Fsp3) is 0.727. The van der Waals surface area contributed by atoms with Crippen molar-refractivity contribution in [2.75, 3.05) is 19.4 Å². The van der Waals surface area contributed by atoms with Crippen LogP contribution in [0.1, 0.15) is 20.3 Å². The van der Waals surface area contributed by atoms with Crippen molar-refractivity contribution >= 4 is 27.8 Å². The third-order valence-electron chi connectivity index (χ3n) is 2.45. The zero-order chi connectivity index (χ0) is 16.6. The second-order valence-electron chi connectivity index (χ2n) is 4.25. The van der Waals surface area contributed by atoms with E-state index in [0.29, 0.717) is 0 Å². The molecule has 9 nitrogen and oxygen atoms in total. The van der Waals surface area contributed by atoms with Gasteiger partial charge in [0.25, 0.3) is 10.1 Å². The predicted molar refractivity (Wildman–Crippen MR) is 73.6 cm³/mol. The molecule has 0 radical (unpaired) electrons. The number of hydrogen-bond acceptors (Lipinski definition) is 7. The Bertz CT molecular complexity index is 492. The Kier molecular flexibility index (Phi) is 10.5. The van der Waals surface area contributed by atoms with Gasteiger partial charge >= 0.3 is 5.97 Å². The summed E-state index contributed by atoms with van der Waals surface area (Å²) in [6.07, 6.45) is -2.60. The molecule has 0 saturated carbocycles. The van der Waals surface area contributed by atoms with Gasteiger partial charge in [0.15, 0.2) is 18.0 Å². The van der Waals surface area contributed by atoms with Crippen LogP contribution in [0.15, 0.2) is 0 Å². The number of Topliss-reactive ketones (excluding diaryl/α,β-unsaturated/α-hetero) is 1. The number of carbonyl (C=O) groups is 3. The van der Waals surface area contributed by atoms with Crippen molar-refractivity contribution in [1.82, 2.24) is 5.32 Å². The highest BCUT2D eigenvalue weighted by Crippen LogP contribution is 2.04. The number of esters is 1. The minimum Gasteiger partial charge on any atom is -0.452 e. The van der Waals surface area contributed by atoms with Crippen LogP contribution in [0.4, 0.5) is 4.70 Å². The topological polar surface area (TPSA) is 136 Å². The molecule has 0 saturated heterocycles. The zero-order valence-electron chi connectivity index (χ0n) is 12.4. The van der Waals surface area contributed by atoms with E-state index in [4.69, 9.17) is 14.0 Å². The lowest BCUT2D eigenvalue weighted by Gasteiger charge is -2.17. The quantitative estimate of drug-likeness (QED) is 0.404. The Hall–Kier alpha value is -1.59. The molecule has 0 heterocycles. The molecule has 0 aromatic carbocycles. The Morgan fingerprint density at radius 1 is 1.27 bits per heavy atom. The van der Waals surface area contributed by atoms with Crippen LogP contribution in [0.3, 0.4) is 0 Å². The normalized spacial score (nSPS) is 13.5. The monoisotopic (exact) mass is 345 g/mol. The fourth-order valence-electron chi connectivity index (χ4n) is 1.16. The highest BCUT2D eigenvalue weighted by molar-refractivity contribution is 7.85. The van der Waals surface area contributed by atoms with Crippen LogP contribution in [0.25, 0.3) is 0 Å². The van der Waals surface area contributed by atoms with Gasteiger partial charge in [0.2, 0.25) is 5.91 Å². The molecule has 130 valence electrons. The van der Waals surface area contributed by atoms with E-state index in [9.17, 15) is 22.8 Å². The van der Waals surface area contributed by atoms with Gasteiger partial charge in [-0.3, -0.25) is 18.8 Å². The SMILES string of the molecule is COC(C)C(=O)OC(CC(=O)NCCS(=O)(=O)O)C(C)=O.F. The maximum atomic E-state index is 11.5. The second kappa shape index (κ2) is 10.2. The van der Waals surface area contributed by atoms with Crippen LogP contribution >= 0.6 is 0 Å². The molecule has 0 aromatic heterocycles. The fourth-order valence-corrected chi connectivity index (χ4v) is 1.52. The number of carbonyl (C=O) groups excluding carboxylic acids is 3. The van der Waals surface area contributed by atoms with Crippen molar-refractivity contribution in [2.24, 2.45) is 0 Å². The largest absolute Gasteiger partial charge is 0.452 e. The van der Waals surface area contributed by atoms with Crippen molar-refractivity contribution in [2.45, 2.75) is 32.5 Å². The number of ketones is 1. The summed E-state index contributed by atoms with van der Waals surface area (Å²) in [5.41, 5.74) is 0. The number of ether oxygens (including phenoxy) is 2. The average Bonchev–Trinajstić information content (AvgIpc) is 2.34. The molecular weight excluding hydrogens is 325 g/mol. The molecule has 0 bridgehead atoms. The molecule has 0 fully saturated rings.